The van der Waals surface area contributed by atoms with E-state index in [9.17, 15) is 4.79 Å². The highest BCUT2D eigenvalue weighted by Crippen LogP contribution is 2.25. The second-order valence-corrected chi connectivity index (χ2v) is 9.46. The zero-order valence-corrected chi connectivity index (χ0v) is 19.4. The third-order valence-corrected chi connectivity index (χ3v) is 6.74. The molecule has 1 aromatic carbocycles. The first-order valence-electron chi connectivity index (χ1n) is 11.0. The Labute approximate surface area is 188 Å². The van der Waals surface area contributed by atoms with Crippen LogP contribution in [-0.2, 0) is 4.74 Å². The number of nitrogens with one attached hydrogen (secondary N) is 1. The largest absolute Gasteiger partial charge is 0.497 e. The van der Waals surface area contributed by atoms with Crippen molar-refractivity contribution >= 4 is 28.1 Å². The van der Waals surface area contributed by atoms with E-state index in [1.54, 1.807) is 7.11 Å². The Balaban J connectivity index is 1.27. The first-order chi connectivity index (χ1) is 15.0. The molecule has 31 heavy (non-hydrogen) atoms. The van der Waals surface area contributed by atoms with Crippen LogP contribution in [0.5, 0.6) is 5.75 Å². The monoisotopic (exact) mass is 444 g/mol. The van der Waals surface area contributed by atoms with Gasteiger partial charge in [-0.25, -0.2) is 4.98 Å². The minimum absolute atomic E-state index is 0.0334. The molecule has 1 amide bonds. The highest BCUT2D eigenvalue weighted by atomic mass is 32.1. The number of anilines is 2. The first-order valence-corrected chi connectivity index (χ1v) is 11.9. The van der Waals surface area contributed by atoms with Crippen molar-refractivity contribution in [3.8, 4) is 5.75 Å². The summed E-state index contributed by atoms with van der Waals surface area (Å²) < 4.78 is 11.0. The molecule has 2 aromatic rings. The van der Waals surface area contributed by atoms with Crippen molar-refractivity contribution in [1.29, 1.82) is 0 Å². The topological polar surface area (TPSA) is 66.9 Å². The number of methoxy groups -OCH3 is 1. The molecule has 1 aromatic heterocycles. The van der Waals surface area contributed by atoms with Gasteiger partial charge in [0, 0.05) is 43.8 Å². The molecule has 0 saturated carbocycles. The van der Waals surface area contributed by atoms with Crippen LogP contribution in [0.2, 0.25) is 0 Å². The lowest BCUT2D eigenvalue weighted by Crippen LogP contribution is -2.48. The van der Waals surface area contributed by atoms with Gasteiger partial charge >= 0.3 is 0 Å². The molecular formula is C23H32N4O3S. The van der Waals surface area contributed by atoms with Crippen LogP contribution in [-0.4, -0.2) is 72.7 Å². The molecule has 0 radical (unpaired) electrons. The minimum Gasteiger partial charge on any atom is -0.497 e. The average Bonchev–Trinajstić information content (AvgIpc) is 3.22. The minimum atomic E-state index is 0.0334. The fraction of sp³-hybridized carbons (Fsp3) is 0.565. The summed E-state index contributed by atoms with van der Waals surface area (Å²) in [5.41, 5.74) is 1.44. The first kappa shape index (κ1) is 22.0. The van der Waals surface area contributed by atoms with Crippen LogP contribution in [0.1, 0.15) is 37.2 Å². The second-order valence-electron chi connectivity index (χ2n) is 8.60. The number of carbonyl (C=O) groups is 1. The van der Waals surface area contributed by atoms with Gasteiger partial charge in [-0.1, -0.05) is 0 Å². The lowest BCUT2D eigenvalue weighted by Gasteiger charge is -2.39. The Bertz CT molecular complexity index is 854. The van der Waals surface area contributed by atoms with Gasteiger partial charge in [0.15, 0.2) is 5.13 Å². The van der Waals surface area contributed by atoms with Crippen molar-refractivity contribution < 1.29 is 14.3 Å². The maximum absolute atomic E-state index is 12.9. The number of aromatic nitrogens is 1. The van der Waals surface area contributed by atoms with Crippen molar-refractivity contribution in [2.45, 2.75) is 38.9 Å². The van der Waals surface area contributed by atoms with Crippen molar-refractivity contribution in [2.75, 3.05) is 45.2 Å². The average molecular weight is 445 g/mol. The number of hydrogen-bond donors (Lipinski definition) is 1. The predicted octanol–water partition coefficient (Wildman–Crippen LogP) is 3.86. The molecule has 2 saturated heterocycles. The Kier molecular flexibility index (Phi) is 7.09. The number of ether oxygens (including phenoxy) is 2. The van der Waals surface area contributed by atoms with Crippen molar-refractivity contribution in [2.24, 2.45) is 5.92 Å². The fourth-order valence-electron chi connectivity index (χ4n) is 4.51. The maximum atomic E-state index is 12.9. The number of piperidine rings is 1. The lowest BCUT2D eigenvalue weighted by molar-refractivity contribution is -0.0728. The van der Waals surface area contributed by atoms with Gasteiger partial charge in [-0.15, -0.1) is 11.3 Å². The molecular weight excluding hydrogens is 412 g/mol. The molecule has 7 nitrogen and oxygen atoms in total. The number of thiazole rings is 1. The predicted molar refractivity (Wildman–Crippen MR) is 123 cm³/mol. The summed E-state index contributed by atoms with van der Waals surface area (Å²) in [6.45, 7) is 9.02. The molecule has 3 heterocycles. The number of amides is 1. The Hall–Kier alpha value is -2.16. The third-order valence-electron chi connectivity index (χ3n) is 5.98. The summed E-state index contributed by atoms with van der Waals surface area (Å²) in [6, 6.07) is 7.65. The van der Waals surface area contributed by atoms with Crippen LogP contribution in [0.25, 0.3) is 0 Å². The van der Waals surface area contributed by atoms with Crippen molar-refractivity contribution in [1.82, 2.24) is 14.8 Å². The number of nitrogens with zero attached hydrogens (tertiary/aromatic N) is 3. The van der Waals surface area contributed by atoms with Gasteiger partial charge in [-0.3, -0.25) is 9.69 Å². The molecule has 1 N–H and O–H groups in total. The summed E-state index contributed by atoms with van der Waals surface area (Å²) in [5.74, 6) is 1.48. The van der Waals surface area contributed by atoms with Gasteiger partial charge in [0.25, 0.3) is 5.91 Å². The summed E-state index contributed by atoms with van der Waals surface area (Å²) >= 11 is 1.45. The van der Waals surface area contributed by atoms with Gasteiger partial charge < -0.3 is 19.7 Å². The fourth-order valence-corrected chi connectivity index (χ4v) is 5.21. The van der Waals surface area contributed by atoms with Gasteiger partial charge in [-0.2, -0.15) is 0 Å². The van der Waals surface area contributed by atoms with E-state index < -0.39 is 0 Å². The van der Waals surface area contributed by atoms with E-state index in [2.05, 4.69) is 29.0 Å². The molecule has 2 atom stereocenters. The van der Waals surface area contributed by atoms with Gasteiger partial charge in [0.2, 0.25) is 0 Å². The molecule has 4 rings (SSSR count). The van der Waals surface area contributed by atoms with Crippen molar-refractivity contribution in [3.63, 3.8) is 0 Å². The standard InChI is InChI=1S/C23H32N4O3S/c1-16-12-26(13-17(2)30-16)14-18-8-10-27(11-9-18)22(28)21-15-31-23(25-21)24-19-4-6-20(29-3)7-5-19/h4-7,15-18H,8-14H2,1-3H3,(H,24,25). The van der Waals surface area contributed by atoms with Crippen LogP contribution in [0.15, 0.2) is 29.6 Å². The molecule has 168 valence electrons. The number of benzene rings is 1. The van der Waals surface area contributed by atoms with Crippen LogP contribution in [0.3, 0.4) is 0 Å². The van der Waals surface area contributed by atoms with Crippen molar-refractivity contribution in [3.05, 3.63) is 35.3 Å². The molecule has 0 bridgehead atoms. The molecule has 8 heteroatoms. The Morgan fingerprint density at radius 1 is 1.19 bits per heavy atom. The van der Waals surface area contributed by atoms with Gasteiger partial charge in [0.1, 0.15) is 11.4 Å². The highest BCUT2D eigenvalue weighted by molar-refractivity contribution is 7.14. The van der Waals surface area contributed by atoms with Crippen LogP contribution < -0.4 is 10.1 Å². The SMILES string of the molecule is COc1ccc(Nc2nc(C(=O)N3CCC(CN4CC(C)OC(C)C4)CC3)cs2)cc1. The van der Waals surface area contributed by atoms with E-state index in [0.29, 0.717) is 23.8 Å². The quantitative estimate of drug-likeness (QED) is 0.730. The highest BCUT2D eigenvalue weighted by Gasteiger charge is 2.29. The van der Waals surface area contributed by atoms with E-state index in [4.69, 9.17) is 9.47 Å². The molecule has 2 unspecified atom stereocenters. The number of likely N-dealkylation sites (tertiary alicyclic amines) is 1. The molecule has 0 spiro atoms. The van der Waals surface area contributed by atoms with Gasteiger partial charge in [0.05, 0.1) is 19.3 Å². The second kappa shape index (κ2) is 9.97. The van der Waals surface area contributed by atoms with E-state index in [-0.39, 0.29) is 5.91 Å². The van der Waals surface area contributed by atoms with Crippen LogP contribution in [0.4, 0.5) is 10.8 Å². The number of morpholine rings is 1. The zero-order chi connectivity index (χ0) is 21.8. The molecule has 0 aliphatic carbocycles. The van der Waals surface area contributed by atoms with E-state index in [1.807, 2.05) is 34.5 Å². The van der Waals surface area contributed by atoms with E-state index in [0.717, 1.165) is 62.1 Å². The lowest BCUT2D eigenvalue weighted by atomic mass is 9.95. The Morgan fingerprint density at radius 2 is 1.87 bits per heavy atom. The third kappa shape index (κ3) is 5.75. The van der Waals surface area contributed by atoms with E-state index >= 15 is 0 Å². The van der Waals surface area contributed by atoms with Crippen LogP contribution >= 0.6 is 11.3 Å². The van der Waals surface area contributed by atoms with Gasteiger partial charge in [-0.05, 0) is 56.9 Å². The van der Waals surface area contributed by atoms with E-state index in [1.165, 1.54) is 11.3 Å². The zero-order valence-electron chi connectivity index (χ0n) is 18.5. The summed E-state index contributed by atoms with van der Waals surface area (Å²) in [5, 5.41) is 5.82. The molecule has 2 fully saturated rings. The summed E-state index contributed by atoms with van der Waals surface area (Å²) in [6.07, 6.45) is 2.70. The normalized spacial score (nSPS) is 23.0. The summed E-state index contributed by atoms with van der Waals surface area (Å²) in [4.78, 5) is 21.9. The number of hydrogen-bond acceptors (Lipinski definition) is 7. The molecule has 2 aliphatic rings. The smallest absolute Gasteiger partial charge is 0.273 e. The van der Waals surface area contributed by atoms with Crippen LogP contribution in [0, 0.1) is 5.92 Å². The number of carbonyl (C=O) groups excluding carboxylic acids is 1. The molecule has 2 aliphatic heterocycles. The number of rotatable bonds is 6. The maximum Gasteiger partial charge on any atom is 0.273 e. The summed E-state index contributed by atoms with van der Waals surface area (Å²) in [7, 11) is 1.65. The Morgan fingerprint density at radius 3 is 2.52 bits per heavy atom.